The average molecular weight is 268 g/mol. The van der Waals surface area contributed by atoms with Gasteiger partial charge in [-0.05, 0) is 53.8 Å². The Kier molecular flexibility index (Phi) is 4.46. The third-order valence-electron chi connectivity index (χ3n) is 3.34. The number of aryl methyl sites for hydroxylation is 1. The lowest BCUT2D eigenvalue weighted by molar-refractivity contribution is 0.473. The summed E-state index contributed by atoms with van der Waals surface area (Å²) in [5.41, 5.74) is 3.96. The summed E-state index contributed by atoms with van der Waals surface area (Å²) >= 11 is 0. The van der Waals surface area contributed by atoms with Gasteiger partial charge in [-0.1, -0.05) is 31.6 Å². The molecule has 0 bridgehead atoms. The van der Waals surface area contributed by atoms with Gasteiger partial charge in [-0.3, -0.25) is 0 Å². The molecule has 2 rings (SSSR count). The molecule has 0 aromatic heterocycles. The van der Waals surface area contributed by atoms with Gasteiger partial charge in [0.2, 0.25) is 0 Å². The largest absolute Gasteiger partial charge is 0.508 e. The van der Waals surface area contributed by atoms with E-state index in [1.165, 1.54) is 0 Å². The fraction of sp³-hybridized carbons (Fsp3) is 0.222. The summed E-state index contributed by atoms with van der Waals surface area (Å²) in [5.74, 6) is 0.528. The van der Waals surface area contributed by atoms with Crippen LogP contribution in [0.2, 0.25) is 0 Å². The maximum Gasteiger partial charge on any atom is 0.123 e. The molecule has 0 fully saturated rings. The third kappa shape index (κ3) is 3.02. The van der Waals surface area contributed by atoms with Crippen LogP contribution in [0, 0.1) is 0 Å². The zero-order valence-corrected chi connectivity index (χ0v) is 11.8. The molecule has 2 nitrogen and oxygen atoms in total. The Labute approximate surface area is 120 Å². The standard InChI is InChI=1S/C18H20O2/c1-3-5-13-7-10-18(20)17(11-13)16-9-8-15(19)12-14(16)6-4-2/h3,7-12,19-20H,1,4-6H2,2H3. The minimum absolute atomic E-state index is 0.263. The molecule has 20 heavy (non-hydrogen) atoms. The van der Waals surface area contributed by atoms with Crippen LogP contribution in [0.1, 0.15) is 24.5 Å². The fourth-order valence-electron chi connectivity index (χ4n) is 2.41. The normalized spacial score (nSPS) is 10.4. The molecule has 0 radical (unpaired) electrons. The first-order valence-corrected chi connectivity index (χ1v) is 6.90. The summed E-state index contributed by atoms with van der Waals surface area (Å²) in [7, 11) is 0. The Bertz CT molecular complexity index is 615. The quantitative estimate of drug-likeness (QED) is 0.787. The van der Waals surface area contributed by atoms with Crippen LogP contribution < -0.4 is 0 Å². The van der Waals surface area contributed by atoms with Gasteiger partial charge in [0, 0.05) is 5.56 Å². The third-order valence-corrected chi connectivity index (χ3v) is 3.34. The molecule has 0 saturated heterocycles. The predicted molar refractivity (Wildman–Crippen MR) is 83.1 cm³/mol. The highest BCUT2D eigenvalue weighted by atomic mass is 16.3. The summed E-state index contributed by atoms with van der Waals surface area (Å²) in [4.78, 5) is 0. The van der Waals surface area contributed by atoms with Crippen LogP contribution in [0.25, 0.3) is 11.1 Å². The zero-order valence-electron chi connectivity index (χ0n) is 11.8. The highest BCUT2D eigenvalue weighted by Crippen LogP contribution is 2.34. The molecule has 0 aliphatic carbocycles. The molecule has 0 spiro atoms. The highest BCUT2D eigenvalue weighted by molar-refractivity contribution is 5.74. The Morgan fingerprint density at radius 3 is 2.55 bits per heavy atom. The lowest BCUT2D eigenvalue weighted by Gasteiger charge is -2.12. The van der Waals surface area contributed by atoms with E-state index in [-0.39, 0.29) is 11.5 Å². The minimum Gasteiger partial charge on any atom is -0.508 e. The second kappa shape index (κ2) is 6.29. The SMILES string of the molecule is C=CCc1ccc(O)c(-c2ccc(O)cc2CCC)c1. The van der Waals surface area contributed by atoms with Gasteiger partial charge >= 0.3 is 0 Å². The molecule has 2 aromatic rings. The van der Waals surface area contributed by atoms with Gasteiger partial charge in [0.05, 0.1) is 0 Å². The van der Waals surface area contributed by atoms with E-state index >= 15 is 0 Å². The van der Waals surface area contributed by atoms with Crippen molar-refractivity contribution >= 4 is 0 Å². The van der Waals surface area contributed by atoms with E-state index < -0.39 is 0 Å². The van der Waals surface area contributed by atoms with E-state index in [9.17, 15) is 10.2 Å². The van der Waals surface area contributed by atoms with Gasteiger partial charge in [0.1, 0.15) is 11.5 Å². The lowest BCUT2D eigenvalue weighted by atomic mass is 9.94. The molecule has 2 aromatic carbocycles. The van der Waals surface area contributed by atoms with Crippen molar-refractivity contribution in [3.63, 3.8) is 0 Å². The van der Waals surface area contributed by atoms with Gasteiger partial charge in [-0.2, -0.15) is 0 Å². The molecule has 104 valence electrons. The molecule has 2 N–H and O–H groups in total. The Morgan fingerprint density at radius 1 is 1.05 bits per heavy atom. The lowest BCUT2D eigenvalue weighted by Crippen LogP contribution is -1.91. The zero-order chi connectivity index (χ0) is 14.5. The number of benzene rings is 2. The number of phenolic OH excluding ortho intramolecular Hbond substituents is 2. The smallest absolute Gasteiger partial charge is 0.123 e. The van der Waals surface area contributed by atoms with Gasteiger partial charge in [-0.15, -0.1) is 6.58 Å². The monoisotopic (exact) mass is 268 g/mol. The molecule has 0 amide bonds. The van der Waals surface area contributed by atoms with E-state index in [1.807, 2.05) is 24.3 Å². The van der Waals surface area contributed by atoms with Crippen molar-refractivity contribution in [1.82, 2.24) is 0 Å². The number of hydrogen-bond donors (Lipinski definition) is 2. The summed E-state index contributed by atoms with van der Waals surface area (Å²) < 4.78 is 0. The summed E-state index contributed by atoms with van der Waals surface area (Å²) in [5, 5.41) is 19.8. The van der Waals surface area contributed by atoms with Crippen LogP contribution in [-0.4, -0.2) is 10.2 Å². The second-order valence-corrected chi connectivity index (χ2v) is 4.94. The van der Waals surface area contributed by atoms with Crippen molar-refractivity contribution in [1.29, 1.82) is 0 Å². The van der Waals surface area contributed by atoms with Crippen molar-refractivity contribution in [2.24, 2.45) is 0 Å². The number of phenols is 2. The first kappa shape index (κ1) is 14.2. The summed E-state index contributed by atoms with van der Waals surface area (Å²) in [6.07, 6.45) is 4.48. The van der Waals surface area contributed by atoms with Crippen LogP contribution in [0.5, 0.6) is 11.5 Å². The second-order valence-electron chi connectivity index (χ2n) is 4.94. The predicted octanol–water partition coefficient (Wildman–Crippen LogP) is 4.45. The average Bonchev–Trinajstić information content (AvgIpc) is 2.42. The van der Waals surface area contributed by atoms with Crippen LogP contribution in [-0.2, 0) is 12.8 Å². The van der Waals surface area contributed by atoms with E-state index in [2.05, 4.69) is 13.5 Å². The molecule has 0 aliphatic heterocycles. The molecular weight excluding hydrogens is 248 g/mol. The maximum absolute atomic E-state index is 10.1. The molecular formula is C18H20O2. The van der Waals surface area contributed by atoms with Crippen molar-refractivity contribution in [2.75, 3.05) is 0 Å². The molecule has 0 aliphatic rings. The van der Waals surface area contributed by atoms with Crippen molar-refractivity contribution in [3.8, 4) is 22.6 Å². The first-order valence-electron chi connectivity index (χ1n) is 6.90. The number of aromatic hydroxyl groups is 2. The Balaban J connectivity index is 2.54. The molecule has 0 saturated carbocycles. The molecule has 0 unspecified atom stereocenters. The Hall–Kier alpha value is -2.22. The Morgan fingerprint density at radius 2 is 1.85 bits per heavy atom. The van der Waals surface area contributed by atoms with Gasteiger partial charge in [0.15, 0.2) is 0 Å². The first-order chi connectivity index (χ1) is 9.65. The number of hydrogen-bond acceptors (Lipinski definition) is 2. The molecule has 2 heteroatoms. The number of rotatable bonds is 5. The van der Waals surface area contributed by atoms with Gasteiger partial charge in [0.25, 0.3) is 0 Å². The molecule has 0 atom stereocenters. The van der Waals surface area contributed by atoms with Crippen molar-refractivity contribution < 1.29 is 10.2 Å². The van der Waals surface area contributed by atoms with E-state index in [0.717, 1.165) is 41.5 Å². The van der Waals surface area contributed by atoms with Crippen LogP contribution in [0.15, 0.2) is 49.1 Å². The minimum atomic E-state index is 0.263. The number of allylic oxidation sites excluding steroid dienone is 1. The van der Waals surface area contributed by atoms with Gasteiger partial charge in [-0.25, -0.2) is 0 Å². The highest BCUT2D eigenvalue weighted by Gasteiger charge is 2.10. The van der Waals surface area contributed by atoms with Gasteiger partial charge < -0.3 is 10.2 Å². The molecule has 0 heterocycles. The van der Waals surface area contributed by atoms with Crippen molar-refractivity contribution in [2.45, 2.75) is 26.2 Å². The topological polar surface area (TPSA) is 40.5 Å². The fourth-order valence-corrected chi connectivity index (χ4v) is 2.41. The summed E-state index contributed by atoms with van der Waals surface area (Å²) in [6, 6.07) is 10.9. The van der Waals surface area contributed by atoms with Crippen LogP contribution in [0.3, 0.4) is 0 Å². The van der Waals surface area contributed by atoms with E-state index in [0.29, 0.717) is 0 Å². The van der Waals surface area contributed by atoms with Crippen LogP contribution >= 0.6 is 0 Å². The van der Waals surface area contributed by atoms with E-state index in [1.54, 1.807) is 18.2 Å². The van der Waals surface area contributed by atoms with E-state index in [4.69, 9.17) is 0 Å². The maximum atomic E-state index is 10.1. The van der Waals surface area contributed by atoms with Crippen molar-refractivity contribution in [3.05, 3.63) is 60.2 Å². The summed E-state index contributed by atoms with van der Waals surface area (Å²) in [6.45, 7) is 5.84. The van der Waals surface area contributed by atoms with Crippen LogP contribution in [0.4, 0.5) is 0 Å².